The molecule has 4 nitrogen and oxygen atoms in total. The molecule has 1 heterocycles. The third-order valence-corrected chi connectivity index (χ3v) is 4.66. The Labute approximate surface area is 155 Å². The van der Waals surface area contributed by atoms with Gasteiger partial charge in [-0.25, -0.2) is 4.79 Å². The molecule has 3 amide bonds. The highest BCUT2D eigenvalue weighted by atomic mass is 79.9. The van der Waals surface area contributed by atoms with E-state index in [0.717, 1.165) is 15.6 Å². The molecular formula is C20H19BrN2O2. The van der Waals surface area contributed by atoms with Crippen molar-refractivity contribution in [1.29, 1.82) is 0 Å². The van der Waals surface area contributed by atoms with Crippen LogP contribution in [0.3, 0.4) is 0 Å². The van der Waals surface area contributed by atoms with Crippen LogP contribution in [0, 0.1) is 0 Å². The minimum absolute atomic E-state index is 0.252. The predicted octanol–water partition coefficient (Wildman–Crippen LogP) is 4.67. The van der Waals surface area contributed by atoms with Gasteiger partial charge in [0.1, 0.15) is 5.70 Å². The SMILES string of the molecule is CC(C)c1ccc(/C=C2\NC(=O)N(Cc3ccc(Br)cc3)C2=O)cc1. The van der Waals surface area contributed by atoms with Crippen molar-refractivity contribution in [2.24, 2.45) is 0 Å². The minimum Gasteiger partial charge on any atom is -0.303 e. The van der Waals surface area contributed by atoms with Crippen LogP contribution in [-0.4, -0.2) is 16.8 Å². The molecule has 5 heteroatoms. The van der Waals surface area contributed by atoms with Crippen LogP contribution in [0.2, 0.25) is 0 Å². The molecule has 0 unspecified atom stereocenters. The zero-order valence-electron chi connectivity index (χ0n) is 14.1. The first-order valence-corrected chi connectivity index (χ1v) is 8.92. The van der Waals surface area contributed by atoms with Crippen LogP contribution in [0.1, 0.15) is 36.5 Å². The van der Waals surface area contributed by atoms with Crippen molar-refractivity contribution < 1.29 is 9.59 Å². The first kappa shape index (κ1) is 17.4. The fourth-order valence-electron chi connectivity index (χ4n) is 2.63. The van der Waals surface area contributed by atoms with Crippen LogP contribution in [0.4, 0.5) is 4.79 Å². The van der Waals surface area contributed by atoms with Gasteiger partial charge in [-0.05, 0) is 40.8 Å². The lowest BCUT2D eigenvalue weighted by Gasteiger charge is -2.11. The van der Waals surface area contributed by atoms with E-state index >= 15 is 0 Å². The molecule has 128 valence electrons. The molecule has 2 aromatic rings. The van der Waals surface area contributed by atoms with Crippen molar-refractivity contribution in [3.05, 3.63) is 75.4 Å². The van der Waals surface area contributed by atoms with Gasteiger partial charge in [-0.2, -0.15) is 0 Å². The molecule has 1 aliphatic rings. The molecule has 0 radical (unpaired) electrons. The number of nitrogens with zero attached hydrogens (tertiary/aromatic N) is 1. The molecule has 0 spiro atoms. The van der Waals surface area contributed by atoms with Gasteiger partial charge < -0.3 is 5.32 Å². The van der Waals surface area contributed by atoms with Crippen LogP contribution in [0.5, 0.6) is 0 Å². The molecule has 1 aliphatic heterocycles. The number of urea groups is 1. The molecule has 0 aliphatic carbocycles. The monoisotopic (exact) mass is 398 g/mol. The number of amides is 3. The van der Waals surface area contributed by atoms with E-state index in [1.165, 1.54) is 10.5 Å². The van der Waals surface area contributed by atoms with Crippen LogP contribution < -0.4 is 5.32 Å². The molecule has 0 aromatic heterocycles. The molecule has 0 saturated carbocycles. The van der Waals surface area contributed by atoms with Crippen LogP contribution in [0.15, 0.2) is 58.7 Å². The summed E-state index contributed by atoms with van der Waals surface area (Å²) in [5.74, 6) is 0.150. The van der Waals surface area contributed by atoms with Gasteiger partial charge >= 0.3 is 6.03 Å². The largest absolute Gasteiger partial charge is 0.329 e. The third-order valence-electron chi connectivity index (χ3n) is 4.13. The first-order chi connectivity index (χ1) is 11.9. The maximum absolute atomic E-state index is 12.5. The van der Waals surface area contributed by atoms with Gasteiger partial charge in [-0.3, -0.25) is 9.69 Å². The summed E-state index contributed by atoms with van der Waals surface area (Å²) in [6.45, 7) is 4.52. The summed E-state index contributed by atoms with van der Waals surface area (Å²) in [5.41, 5.74) is 3.33. The Morgan fingerprint density at radius 1 is 1.04 bits per heavy atom. The number of hydrogen-bond acceptors (Lipinski definition) is 2. The lowest BCUT2D eigenvalue weighted by Crippen LogP contribution is -2.30. The van der Waals surface area contributed by atoms with E-state index in [2.05, 4.69) is 35.1 Å². The van der Waals surface area contributed by atoms with Gasteiger partial charge in [-0.15, -0.1) is 0 Å². The Bertz CT molecular complexity index is 824. The van der Waals surface area contributed by atoms with Gasteiger partial charge in [0, 0.05) is 4.47 Å². The van der Waals surface area contributed by atoms with Gasteiger partial charge in [0.25, 0.3) is 5.91 Å². The average Bonchev–Trinajstić information content (AvgIpc) is 2.85. The second-order valence-corrected chi connectivity index (χ2v) is 7.24. The van der Waals surface area contributed by atoms with E-state index in [9.17, 15) is 9.59 Å². The lowest BCUT2D eigenvalue weighted by molar-refractivity contribution is -0.123. The van der Waals surface area contributed by atoms with Gasteiger partial charge in [-0.1, -0.05) is 66.2 Å². The molecular weight excluding hydrogens is 380 g/mol. The number of carbonyl (C=O) groups excluding carboxylic acids is 2. The number of hydrogen-bond donors (Lipinski definition) is 1. The van der Waals surface area contributed by atoms with Crippen molar-refractivity contribution in [3.63, 3.8) is 0 Å². The quantitative estimate of drug-likeness (QED) is 0.600. The Balaban J connectivity index is 1.77. The normalized spacial score (nSPS) is 16.0. The minimum atomic E-state index is -0.391. The Morgan fingerprint density at radius 2 is 1.68 bits per heavy atom. The van der Waals surface area contributed by atoms with Gasteiger partial charge in [0.15, 0.2) is 0 Å². The predicted molar refractivity (Wildman–Crippen MR) is 102 cm³/mol. The first-order valence-electron chi connectivity index (χ1n) is 8.13. The summed E-state index contributed by atoms with van der Waals surface area (Å²) < 4.78 is 0.957. The standard InChI is InChI=1S/C20H19BrN2O2/c1-13(2)16-7-3-14(4-8-16)11-18-19(24)23(20(25)22-18)12-15-5-9-17(21)10-6-15/h3-11,13H,12H2,1-2H3,(H,22,25)/b18-11-. The Hall–Kier alpha value is -2.40. The number of halogens is 1. The number of rotatable bonds is 4. The molecule has 2 aromatic carbocycles. The highest BCUT2D eigenvalue weighted by Gasteiger charge is 2.33. The smallest absolute Gasteiger partial charge is 0.303 e. The molecule has 0 atom stereocenters. The van der Waals surface area contributed by atoms with Gasteiger partial charge in [0.2, 0.25) is 0 Å². The number of imide groups is 1. The lowest BCUT2D eigenvalue weighted by atomic mass is 10.0. The summed E-state index contributed by atoms with van der Waals surface area (Å²) in [7, 11) is 0. The number of nitrogens with one attached hydrogen (secondary N) is 1. The zero-order valence-corrected chi connectivity index (χ0v) is 15.7. The summed E-state index contributed by atoms with van der Waals surface area (Å²) in [4.78, 5) is 25.9. The topological polar surface area (TPSA) is 49.4 Å². The number of carbonyl (C=O) groups is 2. The average molecular weight is 399 g/mol. The second-order valence-electron chi connectivity index (χ2n) is 6.33. The van der Waals surface area contributed by atoms with Gasteiger partial charge in [0.05, 0.1) is 6.54 Å². The van der Waals surface area contributed by atoms with Crippen molar-refractivity contribution in [3.8, 4) is 0 Å². The van der Waals surface area contributed by atoms with Crippen LogP contribution in [-0.2, 0) is 11.3 Å². The maximum atomic E-state index is 12.5. The van der Waals surface area contributed by atoms with E-state index in [1.54, 1.807) is 6.08 Å². The van der Waals surface area contributed by atoms with Crippen LogP contribution >= 0.6 is 15.9 Å². The van der Waals surface area contributed by atoms with E-state index in [4.69, 9.17) is 0 Å². The molecule has 1 N–H and O–H groups in total. The van der Waals surface area contributed by atoms with E-state index in [0.29, 0.717) is 11.6 Å². The second kappa shape index (κ2) is 7.23. The summed E-state index contributed by atoms with van der Waals surface area (Å²) in [5, 5.41) is 2.66. The van der Waals surface area contributed by atoms with Crippen molar-refractivity contribution in [2.75, 3.05) is 0 Å². The van der Waals surface area contributed by atoms with E-state index in [1.807, 2.05) is 48.5 Å². The highest BCUT2D eigenvalue weighted by Crippen LogP contribution is 2.20. The van der Waals surface area contributed by atoms with Crippen LogP contribution in [0.25, 0.3) is 6.08 Å². The maximum Gasteiger partial charge on any atom is 0.329 e. The Morgan fingerprint density at radius 3 is 2.28 bits per heavy atom. The fraction of sp³-hybridized carbons (Fsp3) is 0.200. The summed E-state index contributed by atoms with van der Waals surface area (Å²) in [6, 6.07) is 15.2. The van der Waals surface area contributed by atoms with Crippen molar-refractivity contribution >= 4 is 33.9 Å². The molecule has 3 rings (SSSR count). The van der Waals surface area contributed by atoms with Crippen molar-refractivity contribution in [1.82, 2.24) is 10.2 Å². The number of benzene rings is 2. The zero-order chi connectivity index (χ0) is 18.0. The molecule has 1 saturated heterocycles. The molecule has 25 heavy (non-hydrogen) atoms. The molecule has 0 bridgehead atoms. The Kier molecular flexibility index (Phi) is 5.04. The summed E-state index contributed by atoms with van der Waals surface area (Å²) >= 11 is 3.37. The van der Waals surface area contributed by atoms with E-state index < -0.39 is 6.03 Å². The third kappa shape index (κ3) is 3.99. The summed E-state index contributed by atoms with van der Waals surface area (Å²) in [6.07, 6.45) is 1.71. The molecule has 1 fully saturated rings. The van der Waals surface area contributed by atoms with E-state index in [-0.39, 0.29) is 12.5 Å². The highest BCUT2D eigenvalue weighted by molar-refractivity contribution is 9.10. The fourth-order valence-corrected chi connectivity index (χ4v) is 2.90. The van der Waals surface area contributed by atoms with Crippen molar-refractivity contribution in [2.45, 2.75) is 26.3 Å².